The van der Waals surface area contributed by atoms with Crippen LogP contribution in [0.3, 0.4) is 0 Å². The summed E-state index contributed by atoms with van der Waals surface area (Å²) in [5, 5.41) is 23.6. The van der Waals surface area contributed by atoms with Crippen LogP contribution in [0.2, 0.25) is 0 Å². The van der Waals surface area contributed by atoms with Gasteiger partial charge in [0.25, 0.3) is 5.69 Å². The van der Waals surface area contributed by atoms with Crippen molar-refractivity contribution in [2.45, 2.75) is 6.92 Å². The largest absolute Gasteiger partial charge is 0.591 e. The van der Waals surface area contributed by atoms with Crippen LogP contribution in [0.25, 0.3) is 0 Å². The third-order valence-electron chi connectivity index (χ3n) is 2.13. The standard InChI is InChI=1S/C12H13N3O5/c1-3-19-12(16)8-20-14-15(17)10-5-4-9(7-13)6-11(10)18-2/h4-6H,3,8H2,1-2H3/b15-14-. The van der Waals surface area contributed by atoms with Crippen LogP contribution in [0, 0.1) is 16.5 Å². The molecule has 0 saturated heterocycles. The molecule has 0 aliphatic heterocycles. The molecule has 0 radical (unpaired) electrons. The highest BCUT2D eigenvalue weighted by molar-refractivity contribution is 5.70. The number of carbonyl (C=O) groups is 1. The second-order valence-electron chi connectivity index (χ2n) is 3.43. The molecule has 0 aliphatic rings. The van der Waals surface area contributed by atoms with Crippen molar-refractivity contribution < 1.29 is 24.0 Å². The number of benzene rings is 1. The summed E-state index contributed by atoms with van der Waals surface area (Å²) in [4.78, 5) is 15.7. The van der Waals surface area contributed by atoms with Gasteiger partial charge in [0.15, 0.2) is 5.75 Å². The zero-order valence-electron chi connectivity index (χ0n) is 11.0. The highest BCUT2D eigenvalue weighted by Crippen LogP contribution is 2.27. The van der Waals surface area contributed by atoms with Crippen LogP contribution in [-0.4, -0.2) is 31.2 Å². The Kier molecular flexibility index (Phi) is 5.77. The van der Waals surface area contributed by atoms with Crippen LogP contribution < -0.4 is 4.74 Å². The number of hydrogen-bond acceptors (Lipinski definition) is 7. The number of esters is 1. The second kappa shape index (κ2) is 7.58. The normalized spacial score (nSPS) is 10.6. The predicted octanol–water partition coefficient (Wildman–Crippen LogP) is 1.66. The average Bonchev–Trinajstić information content (AvgIpc) is 2.46. The first-order chi connectivity index (χ1) is 9.62. The maximum absolute atomic E-state index is 11.7. The Morgan fingerprint density at radius 3 is 2.90 bits per heavy atom. The molecule has 20 heavy (non-hydrogen) atoms. The fourth-order valence-corrected chi connectivity index (χ4v) is 1.29. The Labute approximate surface area is 115 Å². The fraction of sp³-hybridized carbons (Fsp3) is 0.333. The van der Waals surface area contributed by atoms with E-state index in [0.29, 0.717) is 5.56 Å². The van der Waals surface area contributed by atoms with Crippen LogP contribution in [0.5, 0.6) is 5.75 Å². The van der Waals surface area contributed by atoms with Gasteiger partial charge in [-0.2, -0.15) is 5.26 Å². The van der Waals surface area contributed by atoms with Gasteiger partial charge in [0.2, 0.25) is 11.9 Å². The zero-order valence-corrected chi connectivity index (χ0v) is 11.0. The van der Waals surface area contributed by atoms with Gasteiger partial charge in [0, 0.05) is 12.1 Å². The van der Waals surface area contributed by atoms with Crippen LogP contribution in [0.4, 0.5) is 5.69 Å². The molecule has 0 amide bonds. The fourth-order valence-electron chi connectivity index (χ4n) is 1.29. The van der Waals surface area contributed by atoms with E-state index >= 15 is 0 Å². The van der Waals surface area contributed by atoms with Gasteiger partial charge in [-0.3, -0.25) is 0 Å². The maximum Gasteiger partial charge on any atom is 0.347 e. The molecule has 0 spiro atoms. The Bertz CT molecular complexity index is 551. The van der Waals surface area contributed by atoms with Gasteiger partial charge in [-0.1, -0.05) is 0 Å². The van der Waals surface area contributed by atoms with E-state index in [1.807, 2.05) is 6.07 Å². The Hall–Kier alpha value is -2.82. The summed E-state index contributed by atoms with van der Waals surface area (Å²) >= 11 is 0. The summed E-state index contributed by atoms with van der Waals surface area (Å²) in [6, 6.07) is 6.10. The molecule has 0 bridgehead atoms. The van der Waals surface area contributed by atoms with Crippen molar-refractivity contribution in [1.29, 1.82) is 5.26 Å². The minimum atomic E-state index is -0.628. The highest BCUT2D eigenvalue weighted by atomic mass is 16.7. The Balaban J connectivity index is 2.78. The lowest BCUT2D eigenvalue weighted by molar-refractivity contribution is -0.478. The first-order valence-corrected chi connectivity index (χ1v) is 5.66. The number of methoxy groups -OCH3 is 1. The van der Waals surface area contributed by atoms with E-state index in [1.165, 1.54) is 25.3 Å². The molecule has 0 aromatic heterocycles. The quantitative estimate of drug-likeness (QED) is 0.339. The van der Waals surface area contributed by atoms with Crippen molar-refractivity contribution in [1.82, 2.24) is 0 Å². The molecule has 0 aliphatic carbocycles. The summed E-state index contributed by atoms with van der Waals surface area (Å²) in [7, 11) is 1.35. The van der Waals surface area contributed by atoms with Crippen molar-refractivity contribution in [2.24, 2.45) is 5.28 Å². The summed E-state index contributed by atoms with van der Waals surface area (Å²) in [6.45, 7) is 1.40. The monoisotopic (exact) mass is 279 g/mol. The molecule has 0 heterocycles. The summed E-state index contributed by atoms with van der Waals surface area (Å²) in [6.07, 6.45) is 0. The SMILES string of the molecule is CCOC(=O)CO/N=[N+](\[O-])c1ccc(C#N)cc1OC. The lowest BCUT2D eigenvalue weighted by Crippen LogP contribution is -2.11. The molecular weight excluding hydrogens is 266 g/mol. The van der Waals surface area contributed by atoms with Gasteiger partial charge >= 0.3 is 5.97 Å². The zero-order chi connectivity index (χ0) is 15.0. The number of nitrogens with zero attached hydrogens (tertiary/aromatic N) is 3. The number of carbonyl (C=O) groups excluding carboxylic acids is 1. The third-order valence-corrected chi connectivity index (χ3v) is 2.13. The average molecular weight is 279 g/mol. The third kappa shape index (κ3) is 4.13. The van der Waals surface area contributed by atoms with E-state index in [0.717, 1.165) is 0 Å². The Morgan fingerprint density at radius 2 is 2.30 bits per heavy atom. The van der Waals surface area contributed by atoms with Gasteiger partial charge in [-0.25, -0.2) is 4.79 Å². The van der Waals surface area contributed by atoms with Gasteiger partial charge in [0.05, 0.1) is 25.3 Å². The van der Waals surface area contributed by atoms with Gasteiger partial charge in [-0.15, -0.1) is 0 Å². The van der Waals surface area contributed by atoms with Crippen LogP contribution in [0.1, 0.15) is 12.5 Å². The van der Waals surface area contributed by atoms with E-state index in [1.54, 1.807) is 6.92 Å². The van der Waals surface area contributed by atoms with Gasteiger partial charge in [-0.05, 0) is 17.9 Å². The van der Waals surface area contributed by atoms with E-state index in [9.17, 15) is 10.0 Å². The molecule has 1 rings (SSSR count). The lowest BCUT2D eigenvalue weighted by Gasteiger charge is -2.05. The van der Waals surface area contributed by atoms with Crippen molar-refractivity contribution in [2.75, 3.05) is 20.3 Å². The number of rotatable bonds is 6. The van der Waals surface area contributed by atoms with Crippen molar-refractivity contribution in [3.63, 3.8) is 0 Å². The second-order valence-corrected chi connectivity index (χ2v) is 3.43. The first-order valence-electron chi connectivity index (χ1n) is 5.66. The molecule has 8 nitrogen and oxygen atoms in total. The van der Waals surface area contributed by atoms with E-state index < -0.39 is 12.6 Å². The van der Waals surface area contributed by atoms with Crippen LogP contribution >= 0.6 is 0 Å². The molecule has 1 aromatic carbocycles. The summed E-state index contributed by atoms with van der Waals surface area (Å²) < 4.78 is 9.57. The molecule has 1 aromatic rings. The molecule has 0 saturated carbocycles. The molecule has 106 valence electrons. The number of ether oxygens (including phenoxy) is 2. The molecule has 0 N–H and O–H groups in total. The summed E-state index contributed by atoms with van der Waals surface area (Å²) in [5.41, 5.74) is 0.391. The Morgan fingerprint density at radius 1 is 1.55 bits per heavy atom. The van der Waals surface area contributed by atoms with E-state index in [-0.39, 0.29) is 22.9 Å². The lowest BCUT2D eigenvalue weighted by atomic mass is 10.2. The molecular formula is C12H13N3O5. The van der Waals surface area contributed by atoms with E-state index in [4.69, 9.17) is 10.00 Å². The first kappa shape index (κ1) is 15.2. The number of nitriles is 1. The van der Waals surface area contributed by atoms with Crippen molar-refractivity contribution in [3.05, 3.63) is 29.0 Å². The predicted molar refractivity (Wildman–Crippen MR) is 66.0 cm³/mol. The minimum absolute atomic E-state index is 0.0513. The van der Waals surface area contributed by atoms with Crippen molar-refractivity contribution in [3.8, 4) is 11.8 Å². The highest BCUT2D eigenvalue weighted by Gasteiger charge is 2.14. The topological polar surface area (TPSA) is 107 Å². The summed E-state index contributed by atoms with van der Waals surface area (Å²) in [5.74, 6) is -0.459. The van der Waals surface area contributed by atoms with E-state index in [2.05, 4.69) is 14.9 Å². The molecule has 0 atom stereocenters. The van der Waals surface area contributed by atoms with Crippen LogP contribution in [-0.2, 0) is 14.4 Å². The molecule has 0 fully saturated rings. The number of hydrogen-bond donors (Lipinski definition) is 0. The smallest absolute Gasteiger partial charge is 0.347 e. The molecule has 8 heteroatoms. The van der Waals surface area contributed by atoms with Crippen LogP contribution in [0.15, 0.2) is 23.5 Å². The minimum Gasteiger partial charge on any atom is -0.591 e. The maximum atomic E-state index is 11.7. The van der Waals surface area contributed by atoms with Gasteiger partial charge < -0.3 is 19.5 Å². The van der Waals surface area contributed by atoms with Crippen molar-refractivity contribution >= 4 is 11.7 Å². The molecule has 0 unspecified atom stereocenters. The van der Waals surface area contributed by atoms with Gasteiger partial charge in [0.1, 0.15) is 0 Å².